The number of nitrogen functional groups attached to an aromatic ring is 1. The summed E-state index contributed by atoms with van der Waals surface area (Å²) in [6, 6.07) is 1.35. The topological polar surface area (TPSA) is 98.4 Å². The number of halogens is 3. The van der Waals surface area contributed by atoms with Crippen molar-refractivity contribution < 1.29 is 8.78 Å². The predicted octanol–water partition coefficient (Wildman–Crippen LogP) is 4.16. The third kappa shape index (κ3) is 3.58. The van der Waals surface area contributed by atoms with Crippen LogP contribution in [-0.4, -0.2) is 44.4 Å². The molecular formula is C21H24ClF2N7S. The highest BCUT2D eigenvalue weighted by Gasteiger charge is 2.55. The summed E-state index contributed by atoms with van der Waals surface area (Å²) in [6.45, 7) is 3.18. The lowest BCUT2D eigenvalue weighted by Crippen LogP contribution is -2.47. The molecule has 1 spiro atoms. The van der Waals surface area contributed by atoms with E-state index in [2.05, 4.69) is 14.9 Å². The molecule has 32 heavy (non-hydrogen) atoms. The van der Waals surface area contributed by atoms with Gasteiger partial charge < -0.3 is 16.4 Å². The maximum absolute atomic E-state index is 14.0. The molecule has 2 fully saturated rings. The molecule has 11 heteroatoms. The Labute approximate surface area is 193 Å². The first-order chi connectivity index (χ1) is 15.2. The van der Waals surface area contributed by atoms with Gasteiger partial charge in [0.15, 0.2) is 5.65 Å². The number of piperidine rings is 1. The minimum atomic E-state index is -2.66. The van der Waals surface area contributed by atoms with Gasteiger partial charge in [0.25, 0.3) is 0 Å². The second kappa shape index (κ2) is 7.71. The van der Waals surface area contributed by atoms with Gasteiger partial charge in [-0.15, -0.1) is 0 Å². The van der Waals surface area contributed by atoms with Crippen LogP contribution in [0.15, 0.2) is 34.4 Å². The highest BCUT2D eigenvalue weighted by Crippen LogP contribution is 2.52. The van der Waals surface area contributed by atoms with Gasteiger partial charge in [-0.2, -0.15) is 0 Å². The van der Waals surface area contributed by atoms with Crippen LogP contribution in [-0.2, 0) is 0 Å². The molecule has 7 nitrogen and oxygen atoms in total. The monoisotopic (exact) mass is 479 g/mol. The largest absolute Gasteiger partial charge is 0.382 e. The highest BCUT2D eigenvalue weighted by atomic mass is 35.5. The molecule has 1 aliphatic heterocycles. The van der Waals surface area contributed by atoms with E-state index in [9.17, 15) is 8.78 Å². The van der Waals surface area contributed by atoms with Gasteiger partial charge in [-0.05, 0) is 31.2 Å². The first kappa shape index (κ1) is 21.7. The molecule has 4 heterocycles. The van der Waals surface area contributed by atoms with Crippen molar-refractivity contribution in [2.75, 3.05) is 23.7 Å². The minimum absolute atomic E-state index is 0.118. The molecule has 0 aromatic carbocycles. The van der Waals surface area contributed by atoms with Gasteiger partial charge in [0.2, 0.25) is 11.9 Å². The maximum atomic E-state index is 14.0. The number of nitrogens with zero attached hydrogens (tertiary/aromatic N) is 5. The number of aromatic nitrogens is 4. The zero-order valence-corrected chi connectivity index (χ0v) is 19.1. The zero-order chi connectivity index (χ0) is 22.7. The van der Waals surface area contributed by atoms with E-state index in [4.69, 9.17) is 28.1 Å². The molecule has 0 amide bonds. The van der Waals surface area contributed by atoms with E-state index in [0.29, 0.717) is 31.0 Å². The van der Waals surface area contributed by atoms with Crippen LogP contribution < -0.4 is 16.4 Å². The number of nitrogens with two attached hydrogens (primary N) is 2. The van der Waals surface area contributed by atoms with Crippen molar-refractivity contribution in [3.05, 3.63) is 35.4 Å². The molecule has 1 saturated heterocycles. The number of alkyl halides is 2. The van der Waals surface area contributed by atoms with Gasteiger partial charge in [-0.1, -0.05) is 23.4 Å². The molecule has 1 saturated carbocycles. The first-order valence-corrected chi connectivity index (χ1v) is 11.7. The fourth-order valence-electron chi connectivity index (χ4n) is 4.98. The van der Waals surface area contributed by atoms with Gasteiger partial charge in [-0.3, -0.25) is 4.40 Å². The second-order valence-electron chi connectivity index (χ2n) is 8.75. The van der Waals surface area contributed by atoms with Gasteiger partial charge >= 0.3 is 0 Å². The number of hydrogen-bond donors (Lipinski definition) is 2. The van der Waals surface area contributed by atoms with E-state index < -0.39 is 17.4 Å². The lowest BCUT2D eigenvalue weighted by atomic mass is 9.74. The SMILES string of the molecule is Cc1nc(N2CCC3(CC2)CC(F)(F)C[C@H]3N)n2ccnc2c1Sc1ccnc(N)c1Cl. The second-order valence-corrected chi connectivity index (χ2v) is 10.2. The third-order valence-corrected chi connectivity index (χ3v) is 8.46. The summed E-state index contributed by atoms with van der Waals surface area (Å²) < 4.78 is 29.9. The number of imidazole rings is 1. The van der Waals surface area contributed by atoms with E-state index in [1.165, 1.54) is 11.8 Å². The Balaban J connectivity index is 1.44. The van der Waals surface area contributed by atoms with Crippen LogP contribution in [0.1, 0.15) is 31.4 Å². The summed E-state index contributed by atoms with van der Waals surface area (Å²) in [7, 11) is 0. The summed E-state index contributed by atoms with van der Waals surface area (Å²) in [6.07, 6.45) is 6.13. The van der Waals surface area contributed by atoms with Crippen LogP contribution in [0.5, 0.6) is 0 Å². The fourth-order valence-corrected chi connectivity index (χ4v) is 6.18. The Kier molecular flexibility index (Phi) is 5.22. The quantitative estimate of drug-likeness (QED) is 0.581. The number of hydrogen-bond acceptors (Lipinski definition) is 7. The Morgan fingerprint density at radius 3 is 2.66 bits per heavy atom. The van der Waals surface area contributed by atoms with Crippen LogP contribution in [0.2, 0.25) is 5.02 Å². The number of pyridine rings is 1. The average Bonchev–Trinajstić information content (AvgIpc) is 3.30. The molecule has 3 aromatic rings. The van der Waals surface area contributed by atoms with Crippen LogP contribution in [0.4, 0.5) is 20.5 Å². The molecule has 0 radical (unpaired) electrons. The summed E-state index contributed by atoms with van der Waals surface area (Å²) in [5.74, 6) is -1.63. The van der Waals surface area contributed by atoms with Gasteiger partial charge in [-0.25, -0.2) is 23.7 Å². The lowest BCUT2D eigenvalue weighted by Gasteiger charge is -2.42. The number of fused-ring (bicyclic) bond motifs is 1. The van der Waals surface area contributed by atoms with Crippen LogP contribution in [0.25, 0.3) is 5.65 Å². The predicted molar refractivity (Wildman–Crippen MR) is 122 cm³/mol. The Bertz CT molecular complexity index is 1180. The van der Waals surface area contributed by atoms with Gasteiger partial charge in [0, 0.05) is 55.5 Å². The first-order valence-electron chi connectivity index (χ1n) is 10.5. The van der Waals surface area contributed by atoms with E-state index in [-0.39, 0.29) is 18.7 Å². The van der Waals surface area contributed by atoms with E-state index >= 15 is 0 Å². The normalized spacial score (nSPS) is 22.2. The Hall–Kier alpha value is -2.17. The smallest absolute Gasteiger partial charge is 0.250 e. The summed E-state index contributed by atoms with van der Waals surface area (Å²) in [4.78, 5) is 17.2. The molecule has 1 atom stereocenters. The minimum Gasteiger partial charge on any atom is -0.382 e. The molecule has 3 aromatic heterocycles. The Morgan fingerprint density at radius 1 is 1.22 bits per heavy atom. The molecule has 0 unspecified atom stereocenters. The number of anilines is 2. The summed E-state index contributed by atoms with van der Waals surface area (Å²) >= 11 is 7.78. The van der Waals surface area contributed by atoms with Crippen molar-refractivity contribution >= 4 is 40.8 Å². The maximum Gasteiger partial charge on any atom is 0.250 e. The summed E-state index contributed by atoms with van der Waals surface area (Å²) in [5.41, 5.74) is 13.1. The van der Waals surface area contributed by atoms with Crippen LogP contribution in [0, 0.1) is 12.3 Å². The van der Waals surface area contributed by atoms with Crippen molar-refractivity contribution in [3.8, 4) is 0 Å². The standard InChI is InChI=1S/C21H24ClF2N7S/c1-12-16(32-13-2-5-27-17(26)15(13)22)18-28-6-9-31(18)19(29-12)30-7-3-20(4-8-30)11-21(23,24)10-14(20)25/h2,5-6,9,14H,3-4,7-8,10-11,25H2,1H3,(H2,26,27)/t14-/m1/s1. The van der Waals surface area contributed by atoms with E-state index in [1.54, 1.807) is 18.5 Å². The Morgan fingerprint density at radius 2 is 1.97 bits per heavy atom. The molecule has 0 bridgehead atoms. The highest BCUT2D eigenvalue weighted by molar-refractivity contribution is 7.99. The number of rotatable bonds is 3. The molecule has 170 valence electrons. The van der Waals surface area contributed by atoms with Crippen LogP contribution in [0.3, 0.4) is 0 Å². The van der Waals surface area contributed by atoms with Gasteiger partial charge in [0.05, 0.1) is 15.6 Å². The van der Waals surface area contributed by atoms with E-state index in [1.807, 2.05) is 17.5 Å². The van der Waals surface area contributed by atoms with Crippen molar-refractivity contribution in [2.24, 2.45) is 11.1 Å². The van der Waals surface area contributed by atoms with Crippen molar-refractivity contribution in [1.29, 1.82) is 0 Å². The van der Waals surface area contributed by atoms with Crippen molar-refractivity contribution in [2.45, 2.75) is 54.4 Å². The van der Waals surface area contributed by atoms with E-state index in [0.717, 1.165) is 27.1 Å². The molecule has 2 aliphatic rings. The zero-order valence-electron chi connectivity index (χ0n) is 17.6. The lowest BCUT2D eigenvalue weighted by molar-refractivity contribution is -0.00685. The van der Waals surface area contributed by atoms with Crippen molar-refractivity contribution in [3.63, 3.8) is 0 Å². The number of aryl methyl sites for hydroxylation is 1. The molecule has 5 rings (SSSR count). The fraction of sp³-hybridized carbons (Fsp3) is 0.476. The van der Waals surface area contributed by atoms with Crippen molar-refractivity contribution in [1.82, 2.24) is 19.4 Å². The van der Waals surface area contributed by atoms with Gasteiger partial charge in [0.1, 0.15) is 5.82 Å². The molecule has 1 aliphatic carbocycles. The molecule has 4 N–H and O–H groups in total. The average molecular weight is 480 g/mol. The third-order valence-electron chi connectivity index (χ3n) is 6.71. The molecular weight excluding hydrogens is 456 g/mol. The van der Waals surface area contributed by atoms with Crippen LogP contribution >= 0.6 is 23.4 Å². The summed E-state index contributed by atoms with van der Waals surface area (Å²) in [5, 5.41) is 0.400.